The summed E-state index contributed by atoms with van der Waals surface area (Å²) in [7, 11) is 0. The lowest BCUT2D eigenvalue weighted by Crippen LogP contribution is -2.00. The summed E-state index contributed by atoms with van der Waals surface area (Å²) < 4.78 is 7.11. The van der Waals surface area contributed by atoms with Crippen molar-refractivity contribution >= 4 is 65.4 Å². The molecule has 0 unspecified atom stereocenters. The fourth-order valence-corrected chi connectivity index (χ4v) is 16.2. The number of rotatable bonds is 14. The molecule has 0 aliphatic carbocycles. The van der Waals surface area contributed by atoms with E-state index in [1.165, 1.54) is 32.6 Å². The summed E-state index contributed by atoms with van der Waals surface area (Å²) in [5.74, 6) is 3.53. The van der Waals surface area contributed by atoms with Crippen LogP contribution in [0, 0.1) is 0 Å². The van der Waals surface area contributed by atoms with Crippen molar-refractivity contribution in [3.8, 4) is 141 Å². The SMILES string of the molecule is c1ccc(-c2nc(-c3cccc(-c4cccc(-c5ccc(-n6c7ccccc7c7ccccc76)cc5)c4)c3)nc(-c3cccc(-c4ccc5c(c4)c4cc(-c6cc(-c7ccc8c(c7)c7ccccc7n8-c7ccccc7)cc(-c7nc(-c8ccccc8)nc(-c8ccccc8)n7)c6)ccc4n5-c4ccccc4)c3)n2)cc1. The number of fused-ring (bicyclic) bond motifs is 9. The maximum atomic E-state index is 5.35. The van der Waals surface area contributed by atoms with E-state index in [9.17, 15) is 0 Å². The highest BCUT2D eigenvalue weighted by Gasteiger charge is 2.22. The van der Waals surface area contributed by atoms with E-state index < -0.39 is 0 Å². The van der Waals surface area contributed by atoms with Gasteiger partial charge in [-0.2, -0.15) is 0 Å². The van der Waals surface area contributed by atoms with E-state index in [1.54, 1.807) is 0 Å². The molecule has 0 saturated carbocycles. The summed E-state index contributed by atoms with van der Waals surface area (Å²) in [6.45, 7) is 0. The number of nitrogens with zero attached hydrogens (tertiary/aromatic N) is 9. The van der Waals surface area contributed by atoms with Crippen molar-refractivity contribution in [1.29, 1.82) is 0 Å². The van der Waals surface area contributed by atoms with Gasteiger partial charge in [-0.05, 0) is 183 Å². The van der Waals surface area contributed by atoms with Crippen molar-refractivity contribution in [2.75, 3.05) is 0 Å². The van der Waals surface area contributed by atoms with Crippen LogP contribution in [0.3, 0.4) is 0 Å². The van der Waals surface area contributed by atoms with Gasteiger partial charge in [0.05, 0.1) is 33.1 Å². The van der Waals surface area contributed by atoms with Crippen LogP contribution in [0.5, 0.6) is 0 Å². The van der Waals surface area contributed by atoms with Crippen molar-refractivity contribution in [3.05, 3.63) is 394 Å². The smallest absolute Gasteiger partial charge is 0.164 e. The quantitative estimate of drug-likeness (QED) is 0.108. The molecule has 0 saturated heterocycles. The van der Waals surface area contributed by atoms with Gasteiger partial charge in [0.2, 0.25) is 0 Å². The van der Waals surface area contributed by atoms with Crippen molar-refractivity contribution in [2.24, 2.45) is 0 Å². The Labute approximate surface area is 640 Å². The molecule has 0 radical (unpaired) electrons. The number of benzene rings is 16. The van der Waals surface area contributed by atoms with Gasteiger partial charge in [0.15, 0.2) is 34.9 Å². The maximum absolute atomic E-state index is 5.35. The van der Waals surface area contributed by atoms with Gasteiger partial charge < -0.3 is 13.7 Å². The molecule has 9 heteroatoms. The lowest BCUT2D eigenvalue weighted by molar-refractivity contribution is 1.07. The Morgan fingerprint density at radius 2 is 0.351 bits per heavy atom. The molecule has 518 valence electrons. The first-order chi connectivity index (χ1) is 55.0. The van der Waals surface area contributed by atoms with Gasteiger partial charge in [-0.3, -0.25) is 0 Å². The molecule has 0 spiro atoms. The Hall–Kier alpha value is -15.1. The highest BCUT2D eigenvalue weighted by atomic mass is 15.0. The zero-order chi connectivity index (χ0) is 73.3. The van der Waals surface area contributed by atoms with Crippen LogP contribution in [0.1, 0.15) is 0 Å². The van der Waals surface area contributed by atoms with Crippen LogP contribution in [0.25, 0.3) is 206 Å². The Morgan fingerprint density at radius 1 is 0.126 bits per heavy atom. The second-order valence-electron chi connectivity index (χ2n) is 28.2. The first kappa shape index (κ1) is 64.3. The highest BCUT2D eigenvalue weighted by molar-refractivity contribution is 6.13. The summed E-state index contributed by atoms with van der Waals surface area (Å²) in [6.07, 6.45) is 0. The van der Waals surface area contributed by atoms with Crippen molar-refractivity contribution in [1.82, 2.24) is 43.6 Å². The van der Waals surface area contributed by atoms with E-state index in [0.717, 1.165) is 139 Å². The molecule has 0 fully saturated rings. The van der Waals surface area contributed by atoms with E-state index in [1.807, 2.05) is 54.6 Å². The van der Waals surface area contributed by atoms with E-state index >= 15 is 0 Å². The van der Waals surface area contributed by atoms with E-state index in [0.29, 0.717) is 34.9 Å². The molecule has 111 heavy (non-hydrogen) atoms. The number of hydrogen-bond acceptors (Lipinski definition) is 6. The second-order valence-corrected chi connectivity index (χ2v) is 28.2. The predicted molar refractivity (Wildman–Crippen MR) is 456 cm³/mol. The molecule has 0 aliphatic rings. The molecule has 0 aliphatic heterocycles. The molecule has 0 atom stereocenters. The zero-order valence-corrected chi connectivity index (χ0v) is 60.1. The average molecular weight is 1420 g/mol. The van der Waals surface area contributed by atoms with Gasteiger partial charge in [-0.15, -0.1) is 0 Å². The van der Waals surface area contributed by atoms with Gasteiger partial charge in [-0.25, -0.2) is 29.9 Å². The Bertz CT molecular complexity index is 7060. The number of aromatic nitrogens is 9. The molecule has 0 bridgehead atoms. The summed E-state index contributed by atoms with van der Waals surface area (Å²) in [5.41, 5.74) is 26.2. The van der Waals surface area contributed by atoms with Crippen LogP contribution in [0.2, 0.25) is 0 Å². The Kier molecular flexibility index (Phi) is 15.7. The molecule has 0 N–H and O–H groups in total. The molecular formula is C102H65N9. The molecule has 5 aromatic heterocycles. The topological polar surface area (TPSA) is 92.1 Å². The Balaban J connectivity index is 0.669. The molecule has 21 aromatic rings. The highest BCUT2D eigenvalue weighted by Crippen LogP contribution is 2.43. The minimum absolute atomic E-state index is 0.577. The monoisotopic (exact) mass is 1420 g/mol. The van der Waals surface area contributed by atoms with Crippen LogP contribution in [-0.4, -0.2) is 43.6 Å². The molecular weight excluding hydrogens is 1350 g/mol. The maximum Gasteiger partial charge on any atom is 0.164 e. The lowest BCUT2D eigenvalue weighted by atomic mass is 9.94. The number of hydrogen-bond donors (Lipinski definition) is 0. The fraction of sp³-hybridized carbons (Fsp3) is 0. The fourth-order valence-electron chi connectivity index (χ4n) is 16.2. The number of para-hydroxylation sites is 5. The third-order valence-corrected chi connectivity index (χ3v) is 21.5. The summed E-state index contributed by atoms with van der Waals surface area (Å²) in [5, 5.41) is 7.06. The van der Waals surface area contributed by atoms with Crippen LogP contribution < -0.4 is 0 Å². The zero-order valence-electron chi connectivity index (χ0n) is 60.1. The molecule has 21 rings (SSSR count). The van der Waals surface area contributed by atoms with E-state index in [4.69, 9.17) is 29.9 Å². The van der Waals surface area contributed by atoms with Crippen molar-refractivity contribution in [2.45, 2.75) is 0 Å². The molecule has 0 amide bonds. The Morgan fingerprint density at radius 3 is 0.739 bits per heavy atom. The molecule has 9 nitrogen and oxygen atoms in total. The van der Waals surface area contributed by atoms with Crippen molar-refractivity contribution in [3.63, 3.8) is 0 Å². The normalized spacial score (nSPS) is 11.6. The van der Waals surface area contributed by atoms with Gasteiger partial charge in [-0.1, -0.05) is 267 Å². The lowest BCUT2D eigenvalue weighted by Gasteiger charge is -2.13. The minimum Gasteiger partial charge on any atom is -0.309 e. The summed E-state index contributed by atoms with van der Waals surface area (Å²) in [6, 6.07) is 140. The average Bonchev–Trinajstić information content (AvgIpc) is 1.61. The largest absolute Gasteiger partial charge is 0.309 e. The van der Waals surface area contributed by atoms with Gasteiger partial charge >= 0.3 is 0 Å². The van der Waals surface area contributed by atoms with Crippen LogP contribution >= 0.6 is 0 Å². The van der Waals surface area contributed by atoms with Crippen molar-refractivity contribution < 1.29 is 0 Å². The summed E-state index contributed by atoms with van der Waals surface area (Å²) >= 11 is 0. The molecule has 5 heterocycles. The van der Waals surface area contributed by atoms with E-state index in [2.05, 4.69) is 353 Å². The first-order valence-corrected chi connectivity index (χ1v) is 37.5. The summed E-state index contributed by atoms with van der Waals surface area (Å²) in [4.78, 5) is 31.6. The van der Waals surface area contributed by atoms with Gasteiger partial charge in [0, 0.05) is 82.8 Å². The minimum atomic E-state index is 0.577. The third kappa shape index (κ3) is 11.7. The van der Waals surface area contributed by atoms with Crippen LogP contribution in [0.15, 0.2) is 394 Å². The second kappa shape index (κ2) is 27.1. The molecule has 16 aromatic carbocycles. The van der Waals surface area contributed by atoms with Gasteiger partial charge in [0.1, 0.15) is 0 Å². The third-order valence-electron chi connectivity index (χ3n) is 21.5. The van der Waals surface area contributed by atoms with E-state index in [-0.39, 0.29) is 0 Å². The first-order valence-electron chi connectivity index (χ1n) is 37.5. The standard InChI is InChI=1S/C102H65N9/c1-6-25-67(26-7-1)97-103-98(68-27-8-2-9-28-68)107-102(106-97)81-61-79(75-50-55-94-88(64-75)87-43-18-21-46-93(87)109(94)82-37-12-4-13-38-82)60-80(62-81)76-51-56-96-90(65-76)89-63-74(49-54-95(89)110(96)83-39-14-5-15-40-83)73-34-24-36-78(59-73)101-105-99(69-29-10-3-11-30-69)104-100(108-101)77-35-23-33-72(58-77)71-32-22-31-70(57-71)66-47-52-84(53-48-66)111-91-44-19-16-41-85(91)86-42-17-20-45-92(86)111/h1-65H. The van der Waals surface area contributed by atoms with Crippen LogP contribution in [0.4, 0.5) is 0 Å². The van der Waals surface area contributed by atoms with Crippen LogP contribution in [-0.2, 0) is 0 Å². The van der Waals surface area contributed by atoms with Gasteiger partial charge in [0.25, 0.3) is 0 Å². The predicted octanol–water partition coefficient (Wildman–Crippen LogP) is 25.7.